The fourth-order valence-electron chi connectivity index (χ4n) is 3.76. The van der Waals surface area contributed by atoms with Crippen LogP contribution >= 0.6 is 11.3 Å². The molecule has 1 aromatic heterocycles. The van der Waals surface area contributed by atoms with Gasteiger partial charge in [-0.25, -0.2) is 0 Å². The molecule has 0 bridgehead atoms. The third-order valence-corrected chi connectivity index (χ3v) is 6.26. The lowest BCUT2D eigenvalue weighted by atomic mass is 9.96. The lowest BCUT2D eigenvalue weighted by molar-refractivity contribution is 0.373. The fourth-order valence-corrected chi connectivity index (χ4v) is 4.71. The molecule has 0 unspecified atom stereocenters. The van der Waals surface area contributed by atoms with E-state index < -0.39 is 0 Å². The summed E-state index contributed by atoms with van der Waals surface area (Å²) in [6, 6.07) is 24.2. The van der Waals surface area contributed by atoms with Gasteiger partial charge in [0.15, 0.2) is 11.5 Å². The Hall–Kier alpha value is -3.97. The molecule has 1 atom stereocenters. The van der Waals surface area contributed by atoms with Crippen LogP contribution in [0.25, 0.3) is 6.08 Å². The van der Waals surface area contributed by atoms with E-state index in [1.165, 1.54) is 18.4 Å². The number of aromatic nitrogens is 1. The molecule has 158 valence electrons. The van der Waals surface area contributed by atoms with Crippen molar-refractivity contribution in [3.05, 3.63) is 115 Å². The van der Waals surface area contributed by atoms with E-state index in [4.69, 9.17) is 4.74 Å². The summed E-state index contributed by atoms with van der Waals surface area (Å²) in [5, 5.41) is 18.8. The van der Waals surface area contributed by atoms with Crippen LogP contribution in [0, 0.1) is 0 Å². The maximum Gasteiger partial charge on any atom is 0.271 e. The van der Waals surface area contributed by atoms with Gasteiger partial charge in [-0.15, -0.1) is 10.2 Å². The summed E-state index contributed by atoms with van der Waals surface area (Å²) in [7, 11) is 1.49. The predicted molar refractivity (Wildman–Crippen MR) is 125 cm³/mol. The predicted octanol–water partition coefficient (Wildman–Crippen LogP) is 3.08. The molecule has 6 nitrogen and oxygen atoms in total. The number of hydrogen-bond donors (Lipinski definition) is 1. The zero-order valence-corrected chi connectivity index (χ0v) is 18.0. The van der Waals surface area contributed by atoms with Gasteiger partial charge in [-0.1, -0.05) is 78.1 Å². The minimum Gasteiger partial charge on any atom is -0.504 e. The zero-order valence-electron chi connectivity index (χ0n) is 17.2. The topological polar surface area (TPSA) is 76.2 Å². The molecule has 0 saturated heterocycles. The fraction of sp³-hybridized carbons (Fsp3) is 0.0800. The van der Waals surface area contributed by atoms with Crippen LogP contribution in [0.3, 0.4) is 0 Å². The van der Waals surface area contributed by atoms with E-state index in [9.17, 15) is 9.90 Å². The lowest BCUT2D eigenvalue weighted by Crippen LogP contribution is -2.40. The maximum atomic E-state index is 13.5. The zero-order chi connectivity index (χ0) is 22.1. The van der Waals surface area contributed by atoms with Crippen molar-refractivity contribution in [1.29, 1.82) is 0 Å². The van der Waals surface area contributed by atoms with E-state index in [0.717, 1.165) is 22.4 Å². The Balaban J connectivity index is 1.70. The van der Waals surface area contributed by atoms with Gasteiger partial charge in [-0.2, -0.15) is 0 Å². The summed E-state index contributed by atoms with van der Waals surface area (Å²) in [6.07, 6.45) is 1.78. The minimum atomic E-state index is -0.383. The highest BCUT2D eigenvalue weighted by Gasteiger charge is 2.28. The first-order chi connectivity index (χ1) is 15.7. The number of thiazole rings is 1. The largest absolute Gasteiger partial charge is 0.504 e. The Morgan fingerprint density at radius 3 is 2.44 bits per heavy atom. The highest BCUT2D eigenvalue weighted by Crippen LogP contribution is 2.27. The van der Waals surface area contributed by atoms with Gasteiger partial charge >= 0.3 is 0 Å². The van der Waals surface area contributed by atoms with E-state index in [0.29, 0.717) is 15.1 Å². The average Bonchev–Trinajstić information content (AvgIpc) is 3.16. The van der Waals surface area contributed by atoms with Gasteiger partial charge in [0.25, 0.3) is 5.56 Å². The first-order valence-electron chi connectivity index (χ1n) is 10.0. The smallest absolute Gasteiger partial charge is 0.271 e. The van der Waals surface area contributed by atoms with Crippen molar-refractivity contribution >= 4 is 23.1 Å². The number of fused-ring (bicyclic) bond motifs is 1. The molecule has 1 aliphatic heterocycles. The number of aromatic hydroxyl groups is 1. The molecule has 7 heteroatoms. The van der Waals surface area contributed by atoms with Crippen molar-refractivity contribution in [2.24, 2.45) is 10.2 Å². The second-order valence-electron chi connectivity index (χ2n) is 7.26. The first kappa shape index (κ1) is 20.0. The van der Waals surface area contributed by atoms with E-state index in [1.54, 1.807) is 28.8 Å². The van der Waals surface area contributed by atoms with E-state index in [1.807, 2.05) is 60.7 Å². The SMILES string of the molecule is COc1cc(/C=c2\sc3n(c2=O)[C@@H](c2ccccc2)C(c2ccccc2)=NN=3)ccc1O. The van der Waals surface area contributed by atoms with Gasteiger partial charge in [0.1, 0.15) is 6.04 Å². The molecule has 2 heterocycles. The number of benzene rings is 3. The van der Waals surface area contributed by atoms with Crippen molar-refractivity contribution in [1.82, 2.24) is 4.57 Å². The maximum absolute atomic E-state index is 13.5. The monoisotopic (exact) mass is 441 g/mol. The average molecular weight is 442 g/mol. The van der Waals surface area contributed by atoms with Crippen LogP contribution in [0.5, 0.6) is 11.5 Å². The van der Waals surface area contributed by atoms with Crippen LogP contribution in [0.1, 0.15) is 22.7 Å². The number of nitrogens with zero attached hydrogens (tertiary/aromatic N) is 3. The molecule has 0 radical (unpaired) electrons. The van der Waals surface area contributed by atoms with Crippen molar-refractivity contribution in [2.45, 2.75) is 6.04 Å². The van der Waals surface area contributed by atoms with Crippen LogP contribution in [0.15, 0.2) is 93.9 Å². The summed E-state index contributed by atoms with van der Waals surface area (Å²) in [6.45, 7) is 0. The summed E-state index contributed by atoms with van der Waals surface area (Å²) in [4.78, 5) is 14.1. The van der Waals surface area contributed by atoms with E-state index >= 15 is 0 Å². The number of hydrogen-bond acceptors (Lipinski definition) is 6. The lowest BCUT2D eigenvalue weighted by Gasteiger charge is -2.22. The number of methoxy groups -OCH3 is 1. The Labute approximate surface area is 187 Å². The summed E-state index contributed by atoms with van der Waals surface area (Å²) in [5.74, 6) is 0.397. The second-order valence-corrected chi connectivity index (χ2v) is 8.27. The molecular weight excluding hydrogens is 422 g/mol. The molecule has 1 aliphatic rings. The van der Waals surface area contributed by atoms with Gasteiger partial charge in [0.2, 0.25) is 4.80 Å². The Morgan fingerprint density at radius 2 is 1.72 bits per heavy atom. The molecule has 4 aromatic rings. The van der Waals surface area contributed by atoms with Crippen LogP contribution in [-0.2, 0) is 0 Å². The van der Waals surface area contributed by atoms with Crippen LogP contribution in [0.4, 0.5) is 0 Å². The molecular formula is C25H19N3O3S. The summed E-state index contributed by atoms with van der Waals surface area (Å²) >= 11 is 1.29. The van der Waals surface area contributed by atoms with Crippen molar-refractivity contribution < 1.29 is 9.84 Å². The van der Waals surface area contributed by atoms with Gasteiger partial charge in [-0.3, -0.25) is 9.36 Å². The van der Waals surface area contributed by atoms with Crippen molar-refractivity contribution in [3.63, 3.8) is 0 Å². The molecule has 5 rings (SSSR count). The van der Waals surface area contributed by atoms with Gasteiger partial charge in [0, 0.05) is 5.56 Å². The third-order valence-electron chi connectivity index (χ3n) is 5.28. The number of phenolic OH excluding ortho intramolecular Hbond substituents is 1. The Kier molecular flexibility index (Phi) is 5.17. The standard InChI is InChI=1S/C25H19N3O3S/c1-31-20-14-16(12-13-19(20)29)15-21-24(30)28-23(18-10-6-3-7-11-18)22(26-27-25(28)32-21)17-8-4-2-5-9-17/h2-15,23,29H,1H3/b21-15-/t23-/m0/s1. The summed E-state index contributed by atoms with van der Waals surface area (Å²) in [5.41, 5.74) is 3.21. The Morgan fingerprint density at radius 1 is 1.00 bits per heavy atom. The molecule has 1 N–H and O–H groups in total. The highest BCUT2D eigenvalue weighted by atomic mass is 32.1. The number of rotatable bonds is 4. The minimum absolute atomic E-state index is 0.0480. The second kappa shape index (κ2) is 8.28. The first-order valence-corrected chi connectivity index (χ1v) is 10.8. The van der Waals surface area contributed by atoms with E-state index in [-0.39, 0.29) is 17.4 Å². The van der Waals surface area contributed by atoms with Crippen LogP contribution < -0.4 is 19.6 Å². The van der Waals surface area contributed by atoms with Crippen LogP contribution in [-0.4, -0.2) is 22.5 Å². The van der Waals surface area contributed by atoms with Gasteiger partial charge < -0.3 is 9.84 Å². The Bertz CT molecular complexity index is 1490. The van der Waals surface area contributed by atoms with Crippen molar-refractivity contribution in [3.8, 4) is 11.5 Å². The molecule has 0 spiro atoms. The molecule has 32 heavy (non-hydrogen) atoms. The molecule has 0 fully saturated rings. The normalized spacial score (nSPS) is 15.6. The molecule has 3 aromatic carbocycles. The summed E-state index contributed by atoms with van der Waals surface area (Å²) < 4.78 is 7.42. The quantitative estimate of drug-likeness (QED) is 0.529. The van der Waals surface area contributed by atoms with Gasteiger partial charge in [-0.05, 0) is 29.3 Å². The van der Waals surface area contributed by atoms with Gasteiger partial charge in [0.05, 0.1) is 17.4 Å². The molecule has 0 amide bonds. The third kappa shape index (κ3) is 3.52. The van der Waals surface area contributed by atoms with Crippen molar-refractivity contribution in [2.75, 3.05) is 7.11 Å². The van der Waals surface area contributed by atoms with Crippen LogP contribution in [0.2, 0.25) is 0 Å². The highest BCUT2D eigenvalue weighted by molar-refractivity contribution is 7.07. The van der Waals surface area contributed by atoms with E-state index in [2.05, 4.69) is 10.2 Å². The molecule has 0 aliphatic carbocycles. The number of phenols is 1. The number of ether oxygens (including phenoxy) is 1. The molecule has 0 saturated carbocycles.